The molecule has 17 heavy (non-hydrogen) atoms. The number of hydrogen-bond donors (Lipinski definition) is 1. The third kappa shape index (κ3) is 3.62. The minimum absolute atomic E-state index is 0.0745. The van der Waals surface area contributed by atoms with Gasteiger partial charge < -0.3 is 10.1 Å². The van der Waals surface area contributed by atoms with Crippen LogP contribution in [0, 0.1) is 0 Å². The maximum atomic E-state index is 12.4. The van der Waals surface area contributed by atoms with E-state index in [1.165, 1.54) is 6.07 Å². The van der Waals surface area contributed by atoms with Crippen molar-refractivity contribution in [1.29, 1.82) is 0 Å². The Kier molecular flexibility index (Phi) is 3.96. The fourth-order valence-electron chi connectivity index (χ4n) is 1.75. The van der Waals surface area contributed by atoms with Gasteiger partial charge in [0.1, 0.15) is 0 Å². The number of hydrogen-bond acceptors (Lipinski definition) is 3. The van der Waals surface area contributed by atoms with Crippen LogP contribution in [0.2, 0.25) is 0 Å². The first-order valence-electron chi connectivity index (χ1n) is 5.22. The second kappa shape index (κ2) is 5.29. The molecule has 1 fully saturated rings. The van der Waals surface area contributed by atoms with E-state index in [2.05, 4.69) is 5.32 Å². The molecule has 0 bridgehead atoms. The van der Waals surface area contributed by atoms with E-state index in [-0.39, 0.29) is 22.7 Å². The Bertz CT molecular complexity index is 377. The molecule has 0 aliphatic carbocycles. The van der Waals surface area contributed by atoms with E-state index in [1.54, 1.807) is 18.2 Å². The zero-order chi connectivity index (χ0) is 12.3. The van der Waals surface area contributed by atoms with Crippen LogP contribution >= 0.6 is 11.8 Å². The summed E-state index contributed by atoms with van der Waals surface area (Å²) < 4.78 is 42.5. The molecule has 6 heteroatoms. The van der Waals surface area contributed by atoms with Gasteiger partial charge in [-0.25, -0.2) is 0 Å². The summed E-state index contributed by atoms with van der Waals surface area (Å²) in [6.07, 6.45) is 0. The lowest BCUT2D eigenvalue weighted by Crippen LogP contribution is -2.34. The summed E-state index contributed by atoms with van der Waals surface area (Å²) in [6, 6.07) is 6.40. The molecule has 1 aliphatic heterocycles. The van der Waals surface area contributed by atoms with Gasteiger partial charge in [0.25, 0.3) is 0 Å². The molecule has 2 rings (SSSR count). The highest BCUT2D eigenvalue weighted by molar-refractivity contribution is 8.00. The van der Waals surface area contributed by atoms with Crippen LogP contribution in [0.25, 0.3) is 0 Å². The Morgan fingerprint density at radius 2 is 2.06 bits per heavy atom. The van der Waals surface area contributed by atoms with Crippen LogP contribution in [-0.4, -0.2) is 25.3 Å². The lowest BCUT2D eigenvalue weighted by atomic mass is 10.1. The molecular formula is C11H12F3NOS. The quantitative estimate of drug-likeness (QED) is 0.829. The van der Waals surface area contributed by atoms with Crippen molar-refractivity contribution in [3.05, 3.63) is 29.8 Å². The molecule has 0 amide bonds. The minimum Gasteiger partial charge on any atom is -0.378 e. The van der Waals surface area contributed by atoms with E-state index in [9.17, 15) is 13.2 Å². The molecule has 94 valence electrons. The van der Waals surface area contributed by atoms with Gasteiger partial charge in [0.15, 0.2) is 0 Å². The van der Waals surface area contributed by atoms with Crippen LogP contribution in [-0.2, 0) is 4.74 Å². The summed E-state index contributed by atoms with van der Waals surface area (Å²) in [6.45, 7) is 1.68. The van der Waals surface area contributed by atoms with E-state index < -0.39 is 5.51 Å². The van der Waals surface area contributed by atoms with Gasteiger partial charge in [-0.3, -0.25) is 0 Å². The highest BCUT2D eigenvalue weighted by Crippen LogP contribution is 2.40. The average Bonchev–Trinajstić information content (AvgIpc) is 2.29. The standard InChI is InChI=1S/C11H12F3NOS/c12-11(13,14)17-10-4-2-1-3-8(10)9-7-16-6-5-15-9/h1-4,9,15H,5-7H2/t9-/m0/s1. The normalized spacial score (nSPS) is 21.5. The highest BCUT2D eigenvalue weighted by atomic mass is 32.2. The van der Waals surface area contributed by atoms with E-state index in [4.69, 9.17) is 4.74 Å². The predicted octanol–water partition coefficient (Wildman–Crippen LogP) is 2.96. The third-order valence-electron chi connectivity index (χ3n) is 2.44. The smallest absolute Gasteiger partial charge is 0.378 e. The van der Waals surface area contributed by atoms with Gasteiger partial charge in [0, 0.05) is 11.4 Å². The molecule has 1 aromatic rings. The third-order valence-corrected chi connectivity index (χ3v) is 3.26. The molecule has 1 atom stereocenters. The molecule has 0 spiro atoms. The van der Waals surface area contributed by atoms with Gasteiger partial charge in [-0.15, -0.1) is 0 Å². The number of benzene rings is 1. The van der Waals surface area contributed by atoms with Crippen LogP contribution in [0.3, 0.4) is 0 Å². The van der Waals surface area contributed by atoms with Crippen LogP contribution < -0.4 is 5.32 Å². The first kappa shape index (κ1) is 12.7. The van der Waals surface area contributed by atoms with Crippen LogP contribution in [0.5, 0.6) is 0 Å². The number of thioether (sulfide) groups is 1. The molecule has 1 N–H and O–H groups in total. The predicted molar refractivity (Wildman–Crippen MR) is 59.9 cm³/mol. The van der Waals surface area contributed by atoms with Gasteiger partial charge in [-0.1, -0.05) is 18.2 Å². The Morgan fingerprint density at radius 3 is 2.71 bits per heavy atom. The maximum absolute atomic E-state index is 12.4. The minimum atomic E-state index is -4.26. The summed E-state index contributed by atoms with van der Waals surface area (Å²) in [4.78, 5) is 0.239. The lowest BCUT2D eigenvalue weighted by Gasteiger charge is -2.26. The first-order chi connectivity index (χ1) is 8.06. The average molecular weight is 263 g/mol. The van der Waals surface area contributed by atoms with Crippen molar-refractivity contribution in [3.8, 4) is 0 Å². The Labute approximate surface area is 102 Å². The van der Waals surface area contributed by atoms with Crippen molar-refractivity contribution in [3.63, 3.8) is 0 Å². The largest absolute Gasteiger partial charge is 0.446 e. The van der Waals surface area contributed by atoms with Crippen LogP contribution in [0.4, 0.5) is 13.2 Å². The summed E-state index contributed by atoms with van der Waals surface area (Å²) >= 11 is -0.0745. The Hall–Kier alpha value is -0.720. The van der Waals surface area contributed by atoms with Crippen molar-refractivity contribution in [2.75, 3.05) is 19.8 Å². The summed E-state index contributed by atoms with van der Waals surface area (Å²) in [7, 11) is 0. The monoisotopic (exact) mass is 263 g/mol. The number of nitrogens with one attached hydrogen (secondary N) is 1. The Balaban J connectivity index is 2.20. The molecule has 0 aromatic heterocycles. The van der Waals surface area contributed by atoms with Gasteiger partial charge in [-0.2, -0.15) is 13.2 Å². The maximum Gasteiger partial charge on any atom is 0.446 e. The number of alkyl halides is 3. The van der Waals surface area contributed by atoms with Crippen molar-refractivity contribution in [2.45, 2.75) is 16.4 Å². The molecule has 1 heterocycles. The first-order valence-corrected chi connectivity index (χ1v) is 6.04. The topological polar surface area (TPSA) is 21.3 Å². The molecule has 0 radical (unpaired) electrons. The second-order valence-corrected chi connectivity index (χ2v) is 4.77. The van der Waals surface area contributed by atoms with Crippen LogP contribution in [0.1, 0.15) is 11.6 Å². The van der Waals surface area contributed by atoms with E-state index in [0.29, 0.717) is 25.3 Å². The van der Waals surface area contributed by atoms with Gasteiger partial charge in [-0.05, 0) is 23.4 Å². The molecule has 0 saturated carbocycles. The fourth-order valence-corrected chi connectivity index (χ4v) is 2.48. The zero-order valence-corrected chi connectivity index (χ0v) is 9.77. The summed E-state index contributed by atoms with van der Waals surface area (Å²) in [5.74, 6) is 0. The molecular weight excluding hydrogens is 251 g/mol. The SMILES string of the molecule is FC(F)(F)Sc1ccccc1[C@@H]1COCCN1. The molecule has 1 aliphatic rings. The summed E-state index contributed by atoms with van der Waals surface area (Å²) in [5.41, 5.74) is -3.61. The van der Waals surface area contributed by atoms with E-state index in [0.717, 1.165) is 0 Å². The number of halogens is 3. The van der Waals surface area contributed by atoms with Crippen molar-refractivity contribution >= 4 is 11.8 Å². The molecule has 0 unspecified atom stereocenters. The summed E-state index contributed by atoms with van der Waals surface area (Å²) in [5, 5.41) is 3.16. The highest BCUT2D eigenvalue weighted by Gasteiger charge is 2.31. The van der Waals surface area contributed by atoms with Gasteiger partial charge >= 0.3 is 5.51 Å². The molecule has 1 aromatic carbocycles. The lowest BCUT2D eigenvalue weighted by molar-refractivity contribution is -0.0328. The van der Waals surface area contributed by atoms with E-state index >= 15 is 0 Å². The van der Waals surface area contributed by atoms with Crippen molar-refractivity contribution < 1.29 is 17.9 Å². The number of ether oxygens (including phenoxy) is 1. The Morgan fingerprint density at radius 1 is 1.29 bits per heavy atom. The van der Waals surface area contributed by atoms with Crippen molar-refractivity contribution in [2.24, 2.45) is 0 Å². The molecule has 2 nitrogen and oxygen atoms in total. The van der Waals surface area contributed by atoms with E-state index in [1.807, 2.05) is 0 Å². The van der Waals surface area contributed by atoms with Gasteiger partial charge in [0.2, 0.25) is 0 Å². The van der Waals surface area contributed by atoms with Gasteiger partial charge in [0.05, 0.1) is 19.3 Å². The molecule has 1 saturated heterocycles. The van der Waals surface area contributed by atoms with Crippen LogP contribution in [0.15, 0.2) is 29.2 Å². The number of rotatable bonds is 2. The fraction of sp³-hybridized carbons (Fsp3) is 0.455. The zero-order valence-electron chi connectivity index (χ0n) is 8.96. The number of morpholine rings is 1. The second-order valence-electron chi connectivity index (χ2n) is 3.67. The van der Waals surface area contributed by atoms with Crippen molar-refractivity contribution in [1.82, 2.24) is 5.32 Å².